The van der Waals surface area contributed by atoms with Gasteiger partial charge < -0.3 is 15.5 Å². The molecule has 2 atom stereocenters. The molecule has 10 heteroatoms. The van der Waals surface area contributed by atoms with E-state index in [0.717, 1.165) is 31.2 Å². The zero-order valence-electron chi connectivity index (χ0n) is 19.1. The second kappa shape index (κ2) is 9.92. The highest BCUT2D eigenvalue weighted by Crippen LogP contribution is 2.38. The molecule has 2 saturated heterocycles. The highest BCUT2D eigenvalue weighted by molar-refractivity contribution is 7.92. The summed E-state index contributed by atoms with van der Waals surface area (Å²) in [5.41, 5.74) is 6.49. The minimum Gasteiger partial charge on any atom is -0.326 e. The van der Waals surface area contributed by atoms with Crippen molar-refractivity contribution < 1.29 is 21.6 Å². The lowest BCUT2D eigenvalue weighted by Gasteiger charge is -2.43. The topological polar surface area (TPSA) is 118 Å². The molecule has 33 heavy (non-hydrogen) atoms. The molecule has 2 aliphatic heterocycles. The number of likely N-dealkylation sites (tertiary alicyclic amines) is 1. The molecule has 2 heterocycles. The highest BCUT2D eigenvalue weighted by Gasteiger charge is 2.42. The minimum absolute atomic E-state index is 0.0355. The third-order valence-corrected chi connectivity index (χ3v) is 11.3. The number of carbonyl (C=O) groups is 1. The van der Waals surface area contributed by atoms with Crippen LogP contribution in [0.5, 0.6) is 0 Å². The van der Waals surface area contributed by atoms with E-state index in [-0.39, 0.29) is 54.5 Å². The van der Waals surface area contributed by atoms with Crippen LogP contribution in [0.2, 0.25) is 0 Å². The maximum absolute atomic E-state index is 13.6. The molecule has 0 bridgehead atoms. The number of piperidine rings is 1. The van der Waals surface area contributed by atoms with Crippen LogP contribution in [-0.2, 0) is 26.2 Å². The largest absolute Gasteiger partial charge is 0.326 e. The van der Waals surface area contributed by atoms with Gasteiger partial charge in [0, 0.05) is 32.7 Å². The van der Waals surface area contributed by atoms with Gasteiger partial charge >= 0.3 is 6.03 Å². The van der Waals surface area contributed by atoms with E-state index in [1.54, 1.807) is 28.0 Å². The number of amides is 2. The van der Waals surface area contributed by atoms with E-state index in [9.17, 15) is 21.6 Å². The van der Waals surface area contributed by atoms with E-state index >= 15 is 0 Å². The van der Waals surface area contributed by atoms with Crippen molar-refractivity contribution in [1.82, 2.24) is 9.80 Å². The van der Waals surface area contributed by atoms with Gasteiger partial charge in [0.15, 0.2) is 19.7 Å². The van der Waals surface area contributed by atoms with Crippen molar-refractivity contribution >= 4 is 25.7 Å². The summed E-state index contributed by atoms with van der Waals surface area (Å²) in [4.78, 5) is 16.9. The molecule has 184 valence electrons. The van der Waals surface area contributed by atoms with Gasteiger partial charge in [0.1, 0.15) is 0 Å². The molecule has 1 saturated carbocycles. The Kier molecular flexibility index (Phi) is 7.35. The van der Waals surface area contributed by atoms with Crippen molar-refractivity contribution in [2.45, 2.75) is 55.2 Å². The van der Waals surface area contributed by atoms with Crippen LogP contribution in [0, 0.1) is 11.8 Å². The van der Waals surface area contributed by atoms with Gasteiger partial charge in [-0.25, -0.2) is 21.6 Å². The molecular formula is C23H35N3O5S2. The van der Waals surface area contributed by atoms with Crippen molar-refractivity contribution in [1.29, 1.82) is 0 Å². The second-order valence-corrected chi connectivity index (χ2v) is 14.3. The Morgan fingerprint density at radius 1 is 1.00 bits per heavy atom. The summed E-state index contributed by atoms with van der Waals surface area (Å²) in [6.45, 7) is 1.28. The highest BCUT2D eigenvalue weighted by atomic mass is 32.2. The van der Waals surface area contributed by atoms with Crippen molar-refractivity contribution in [3.63, 3.8) is 0 Å². The fraction of sp³-hybridized carbons (Fsp3) is 0.696. The molecule has 0 radical (unpaired) electrons. The Balaban J connectivity index is 1.58. The molecule has 0 spiro atoms. The van der Waals surface area contributed by atoms with Gasteiger partial charge in [-0.2, -0.15) is 0 Å². The normalized spacial score (nSPS) is 26.8. The first-order valence-electron chi connectivity index (χ1n) is 12.0. The van der Waals surface area contributed by atoms with Crippen LogP contribution in [0.4, 0.5) is 4.79 Å². The van der Waals surface area contributed by atoms with Gasteiger partial charge in [-0.15, -0.1) is 0 Å². The Morgan fingerprint density at radius 3 is 2.36 bits per heavy atom. The fourth-order valence-corrected chi connectivity index (χ4v) is 8.61. The van der Waals surface area contributed by atoms with Gasteiger partial charge in [0.25, 0.3) is 0 Å². The van der Waals surface area contributed by atoms with E-state index in [0.29, 0.717) is 18.9 Å². The van der Waals surface area contributed by atoms with Crippen LogP contribution in [0.15, 0.2) is 29.2 Å². The average Bonchev–Trinajstić information content (AvgIpc) is 2.84. The third-order valence-electron chi connectivity index (χ3n) is 7.55. The van der Waals surface area contributed by atoms with Crippen molar-refractivity contribution in [3.05, 3.63) is 29.8 Å². The maximum atomic E-state index is 13.6. The second-order valence-electron chi connectivity index (χ2n) is 9.74. The van der Waals surface area contributed by atoms with Gasteiger partial charge in [0.2, 0.25) is 0 Å². The number of hydrogen-bond acceptors (Lipinski definition) is 6. The van der Waals surface area contributed by atoms with Crippen LogP contribution in [0.1, 0.15) is 44.1 Å². The Hall–Kier alpha value is -1.65. The molecular weight excluding hydrogens is 462 g/mol. The monoisotopic (exact) mass is 497 g/mol. The first kappa shape index (κ1) is 24.5. The van der Waals surface area contributed by atoms with Crippen LogP contribution in [0.3, 0.4) is 0 Å². The Morgan fingerprint density at radius 2 is 1.70 bits per heavy atom. The molecule has 3 aliphatic rings. The van der Waals surface area contributed by atoms with Crippen molar-refractivity contribution in [2.24, 2.45) is 17.6 Å². The molecule has 2 N–H and O–H groups in total. The number of nitrogens with two attached hydrogens (primary N) is 1. The quantitative estimate of drug-likeness (QED) is 0.680. The summed E-state index contributed by atoms with van der Waals surface area (Å²) in [5, 5.41) is -0.677. The zero-order valence-corrected chi connectivity index (χ0v) is 20.7. The predicted molar refractivity (Wildman–Crippen MR) is 127 cm³/mol. The van der Waals surface area contributed by atoms with Crippen molar-refractivity contribution in [3.8, 4) is 0 Å². The third kappa shape index (κ3) is 5.54. The van der Waals surface area contributed by atoms with Gasteiger partial charge in [0.05, 0.1) is 21.7 Å². The lowest BCUT2D eigenvalue weighted by Crippen LogP contribution is -2.56. The Bertz CT molecular complexity index is 1050. The summed E-state index contributed by atoms with van der Waals surface area (Å²) in [5.74, 6) is 0.483. The zero-order chi connectivity index (χ0) is 23.6. The minimum atomic E-state index is -3.65. The molecule has 0 aromatic heterocycles. The maximum Gasteiger partial charge on any atom is 0.320 e. The smallest absolute Gasteiger partial charge is 0.320 e. The number of rotatable bonds is 4. The number of hydrogen-bond donors (Lipinski definition) is 1. The number of benzene rings is 1. The average molecular weight is 498 g/mol. The summed E-state index contributed by atoms with van der Waals surface area (Å²) in [6.07, 6.45) is 6.21. The van der Waals surface area contributed by atoms with Crippen LogP contribution < -0.4 is 5.73 Å². The molecule has 2 unspecified atom stereocenters. The molecule has 8 nitrogen and oxygen atoms in total. The first-order chi connectivity index (χ1) is 15.7. The van der Waals surface area contributed by atoms with E-state index in [2.05, 4.69) is 0 Å². The molecule has 1 aromatic carbocycles. The van der Waals surface area contributed by atoms with Crippen molar-refractivity contribution in [2.75, 3.05) is 37.7 Å². The SMILES string of the molecule is NCc1cccc(S(=O)(=O)C2CC(C3CCCCC3)CN(C(=O)N3CCS(=O)(=O)CC3)C2)c1. The number of urea groups is 1. The molecule has 2 amide bonds. The summed E-state index contributed by atoms with van der Waals surface area (Å²) >= 11 is 0. The van der Waals surface area contributed by atoms with E-state index < -0.39 is 24.9 Å². The van der Waals surface area contributed by atoms with E-state index in [1.165, 1.54) is 6.42 Å². The van der Waals surface area contributed by atoms with Gasteiger partial charge in [-0.3, -0.25) is 0 Å². The first-order valence-corrected chi connectivity index (χ1v) is 15.3. The van der Waals surface area contributed by atoms with E-state index in [4.69, 9.17) is 5.73 Å². The fourth-order valence-electron chi connectivity index (χ4n) is 5.56. The standard InChI is InChI=1S/C23H35N3O5S2/c24-15-18-5-4-8-21(13-18)33(30,31)22-14-20(19-6-2-1-3-7-19)16-26(17-22)23(27)25-9-11-32(28,29)12-10-25/h4-5,8,13,19-20,22H,1-3,6-7,9-12,14-17,24H2. The van der Waals surface area contributed by atoms with E-state index in [1.807, 2.05) is 6.07 Å². The number of nitrogens with zero attached hydrogens (tertiary/aromatic N) is 2. The summed E-state index contributed by atoms with van der Waals surface area (Å²) in [7, 11) is -6.75. The lowest BCUT2D eigenvalue weighted by atomic mass is 9.76. The number of sulfone groups is 2. The Labute approximate surface area is 197 Å². The lowest BCUT2D eigenvalue weighted by molar-refractivity contribution is 0.105. The summed E-state index contributed by atoms with van der Waals surface area (Å²) in [6, 6.07) is 6.54. The number of carbonyl (C=O) groups excluding carboxylic acids is 1. The molecule has 4 rings (SSSR count). The molecule has 1 aromatic rings. The molecule has 1 aliphatic carbocycles. The van der Waals surface area contributed by atoms with Gasteiger partial charge in [-0.05, 0) is 36.0 Å². The predicted octanol–water partition coefficient (Wildman–Crippen LogP) is 2.04. The molecule has 3 fully saturated rings. The van der Waals surface area contributed by atoms with Crippen LogP contribution >= 0.6 is 0 Å². The van der Waals surface area contributed by atoms with Gasteiger partial charge in [-0.1, -0.05) is 44.2 Å². The summed E-state index contributed by atoms with van der Waals surface area (Å²) < 4.78 is 50.9. The van der Waals surface area contributed by atoms with Crippen LogP contribution in [-0.4, -0.2) is 75.6 Å². The van der Waals surface area contributed by atoms with Crippen LogP contribution in [0.25, 0.3) is 0 Å².